The minimum absolute atomic E-state index is 0.304. The van der Waals surface area contributed by atoms with Crippen molar-refractivity contribution in [2.75, 3.05) is 16.9 Å². The molecule has 0 bridgehead atoms. The zero-order valence-electron chi connectivity index (χ0n) is 9.06. The van der Waals surface area contributed by atoms with Gasteiger partial charge in [0.1, 0.15) is 11.9 Å². The summed E-state index contributed by atoms with van der Waals surface area (Å²) in [5.74, 6) is 5.86. The molecule has 2 rings (SSSR count). The summed E-state index contributed by atoms with van der Waals surface area (Å²) in [5, 5.41) is 0. The number of carbonyl (C=O) groups excluding carboxylic acids is 1. The zero-order chi connectivity index (χ0) is 12.4. The van der Waals surface area contributed by atoms with E-state index in [1.54, 1.807) is 6.20 Å². The number of nitrogen functional groups attached to an aromatic ring is 1. The van der Waals surface area contributed by atoms with E-state index in [2.05, 4.69) is 31.3 Å². The second-order valence-electron chi connectivity index (χ2n) is 3.76. The molecule has 1 fully saturated rings. The van der Waals surface area contributed by atoms with Crippen LogP contribution in [0.2, 0.25) is 0 Å². The topological polar surface area (TPSA) is 110 Å². The molecule has 2 heterocycles. The van der Waals surface area contributed by atoms with Crippen LogP contribution in [0.25, 0.3) is 0 Å². The van der Waals surface area contributed by atoms with Gasteiger partial charge in [-0.2, -0.15) is 4.98 Å². The van der Waals surface area contributed by atoms with Crippen molar-refractivity contribution in [3.63, 3.8) is 0 Å². The molecule has 0 aromatic carbocycles. The first kappa shape index (κ1) is 12.1. The quantitative estimate of drug-likeness (QED) is 0.534. The Bertz CT molecular complexity index is 439. The highest BCUT2D eigenvalue weighted by molar-refractivity contribution is 9.10. The van der Waals surface area contributed by atoms with Crippen molar-refractivity contribution in [3.05, 3.63) is 10.7 Å². The smallest absolute Gasteiger partial charge is 0.240 e. The monoisotopic (exact) mass is 300 g/mol. The highest BCUT2D eigenvalue weighted by Gasteiger charge is 2.31. The van der Waals surface area contributed by atoms with E-state index in [0.717, 1.165) is 19.4 Å². The summed E-state index contributed by atoms with van der Waals surface area (Å²) < 4.78 is 0.713. The van der Waals surface area contributed by atoms with Gasteiger partial charge in [0.15, 0.2) is 0 Å². The molecule has 1 aliphatic heterocycles. The number of rotatable bonds is 3. The number of nitrogens with zero attached hydrogens (tertiary/aromatic N) is 3. The van der Waals surface area contributed by atoms with Gasteiger partial charge in [0.2, 0.25) is 11.9 Å². The predicted octanol–water partition coefficient (Wildman–Crippen LogP) is -0.0212. The molecule has 0 spiro atoms. The minimum atomic E-state index is -0.338. The SMILES string of the molecule is NNc1ncc(Br)c(N2CCCC2C(N)=O)n1. The Morgan fingerprint density at radius 2 is 2.41 bits per heavy atom. The highest BCUT2D eigenvalue weighted by atomic mass is 79.9. The standard InChI is InChI=1S/C9H13BrN6O/c10-5-4-13-9(15-12)14-8(5)16-3-1-2-6(16)7(11)17/h4,6H,1-3,12H2,(H2,11,17)(H,13,14,15). The van der Waals surface area contributed by atoms with Crippen molar-refractivity contribution < 1.29 is 4.79 Å². The molecule has 1 atom stereocenters. The molecular weight excluding hydrogens is 288 g/mol. The van der Waals surface area contributed by atoms with Crippen molar-refractivity contribution in [2.45, 2.75) is 18.9 Å². The fraction of sp³-hybridized carbons (Fsp3) is 0.444. The summed E-state index contributed by atoms with van der Waals surface area (Å²) in [6, 6.07) is -0.313. The number of carbonyl (C=O) groups is 1. The molecule has 8 heteroatoms. The van der Waals surface area contributed by atoms with Gasteiger partial charge in [0, 0.05) is 12.7 Å². The first-order chi connectivity index (χ1) is 8.13. The molecule has 5 N–H and O–H groups in total. The van der Waals surface area contributed by atoms with Crippen LogP contribution >= 0.6 is 15.9 Å². The lowest BCUT2D eigenvalue weighted by Crippen LogP contribution is -2.41. The van der Waals surface area contributed by atoms with Crippen LogP contribution in [0.3, 0.4) is 0 Å². The summed E-state index contributed by atoms with van der Waals surface area (Å²) in [6.45, 7) is 0.743. The maximum atomic E-state index is 11.3. The lowest BCUT2D eigenvalue weighted by Gasteiger charge is -2.24. The van der Waals surface area contributed by atoms with Crippen LogP contribution in [0, 0.1) is 0 Å². The summed E-state index contributed by atoms with van der Waals surface area (Å²) >= 11 is 3.36. The molecule has 0 aliphatic carbocycles. The van der Waals surface area contributed by atoms with Crippen LogP contribution < -0.4 is 21.9 Å². The van der Waals surface area contributed by atoms with Crippen LogP contribution in [0.4, 0.5) is 11.8 Å². The third kappa shape index (κ3) is 2.32. The number of nitrogens with two attached hydrogens (primary N) is 2. The van der Waals surface area contributed by atoms with E-state index in [9.17, 15) is 4.79 Å². The Morgan fingerprint density at radius 3 is 3.06 bits per heavy atom. The molecular formula is C9H13BrN6O. The fourth-order valence-electron chi connectivity index (χ4n) is 1.95. The van der Waals surface area contributed by atoms with E-state index in [1.165, 1.54) is 0 Å². The number of halogens is 1. The highest BCUT2D eigenvalue weighted by Crippen LogP contribution is 2.30. The van der Waals surface area contributed by atoms with Crippen LogP contribution in [-0.2, 0) is 4.79 Å². The molecule has 1 aromatic heterocycles. The maximum Gasteiger partial charge on any atom is 0.240 e. The average molecular weight is 301 g/mol. The maximum absolute atomic E-state index is 11.3. The number of hydrogen-bond acceptors (Lipinski definition) is 6. The molecule has 92 valence electrons. The van der Waals surface area contributed by atoms with Gasteiger partial charge < -0.3 is 10.6 Å². The Labute approximate surface area is 107 Å². The lowest BCUT2D eigenvalue weighted by atomic mass is 10.2. The molecule has 1 saturated heterocycles. The Kier molecular flexibility index (Phi) is 3.43. The fourth-order valence-corrected chi connectivity index (χ4v) is 2.36. The van der Waals surface area contributed by atoms with Gasteiger partial charge in [-0.3, -0.25) is 10.2 Å². The van der Waals surface area contributed by atoms with Crippen molar-refractivity contribution in [1.29, 1.82) is 0 Å². The van der Waals surface area contributed by atoms with E-state index in [0.29, 0.717) is 16.2 Å². The minimum Gasteiger partial charge on any atom is -0.368 e. The largest absolute Gasteiger partial charge is 0.368 e. The molecule has 1 amide bonds. The van der Waals surface area contributed by atoms with Gasteiger partial charge in [-0.15, -0.1) is 0 Å². The van der Waals surface area contributed by atoms with Crippen LogP contribution in [0.15, 0.2) is 10.7 Å². The second-order valence-corrected chi connectivity index (χ2v) is 4.62. The van der Waals surface area contributed by atoms with Gasteiger partial charge >= 0.3 is 0 Å². The van der Waals surface area contributed by atoms with Crippen LogP contribution in [0.1, 0.15) is 12.8 Å². The molecule has 1 unspecified atom stereocenters. The third-order valence-corrected chi connectivity index (χ3v) is 3.27. The van der Waals surface area contributed by atoms with Gasteiger partial charge in [-0.05, 0) is 28.8 Å². The number of anilines is 2. The van der Waals surface area contributed by atoms with E-state index in [1.807, 2.05) is 4.90 Å². The third-order valence-electron chi connectivity index (χ3n) is 2.71. The number of primary amides is 1. The number of aromatic nitrogens is 2. The van der Waals surface area contributed by atoms with E-state index in [4.69, 9.17) is 11.6 Å². The average Bonchev–Trinajstić information content (AvgIpc) is 2.78. The van der Waals surface area contributed by atoms with Crippen molar-refractivity contribution in [2.24, 2.45) is 11.6 Å². The number of hydrazine groups is 1. The zero-order valence-corrected chi connectivity index (χ0v) is 10.6. The molecule has 7 nitrogen and oxygen atoms in total. The Balaban J connectivity index is 2.35. The molecule has 1 aliphatic rings. The van der Waals surface area contributed by atoms with Crippen molar-refractivity contribution in [3.8, 4) is 0 Å². The number of hydrogen-bond donors (Lipinski definition) is 3. The Morgan fingerprint density at radius 1 is 1.65 bits per heavy atom. The molecule has 0 saturated carbocycles. The summed E-state index contributed by atoms with van der Waals surface area (Å²) in [7, 11) is 0. The first-order valence-electron chi connectivity index (χ1n) is 5.18. The van der Waals surface area contributed by atoms with Crippen molar-refractivity contribution >= 4 is 33.6 Å². The molecule has 17 heavy (non-hydrogen) atoms. The van der Waals surface area contributed by atoms with E-state index < -0.39 is 0 Å². The van der Waals surface area contributed by atoms with E-state index >= 15 is 0 Å². The number of nitrogens with one attached hydrogen (secondary N) is 1. The van der Waals surface area contributed by atoms with Crippen molar-refractivity contribution in [1.82, 2.24) is 9.97 Å². The van der Waals surface area contributed by atoms with Gasteiger partial charge in [-0.25, -0.2) is 10.8 Å². The lowest BCUT2D eigenvalue weighted by molar-refractivity contribution is -0.119. The summed E-state index contributed by atoms with van der Waals surface area (Å²) in [5.41, 5.74) is 7.74. The van der Waals surface area contributed by atoms with Gasteiger partial charge in [-0.1, -0.05) is 0 Å². The van der Waals surface area contributed by atoms with Gasteiger partial charge in [0.05, 0.1) is 4.47 Å². The Hall–Kier alpha value is -1.41. The van der Waals surface area contributed by atoms with Gasteiger partial charge in [0.25, 0.3) is 0 Å². The molecule has 1 aromatic rings. The molecule has 0 radical (unpaired) electrons. The van der Waals surface area contributed by atoms with Crippen LogP contribution in [-0.4, -0.2) is 28.5 Å². The number of amides is 1. The normalized spacial score (nSPS) is 19.4. The van der Waals surface area contributed by atoms with Crippen LogP contribution in [0.5, 0.6) is 0 Å². The predicted molar refractivity (Wildman–Crippen MR) is 67.1 cm³/mol. The van der Waals surface area contributed by atoms with E-state index in [-0.39, 0.29) is 11.9 Å². The first-order valence-corrected chi connectivity index (χ1v) is 5.98. The second kappa shape index (κ2) is 4.84. The summed E-state index contributed by atoms with van der Waals surface area (Å²) in [4.78, 5) is 21.4. The summed E-state index contributed by atoms with van der Waals surface area (Å²) in [6.07, 6.45) is 3.25.